The number of nitrogens with two attached hydrogens (primary N) is 1. The highest BCUT2D eigenvalue weighted by Gasteiger charge is 2.20. The normalized spacial score (nSPS) is 13.2. The number of allylic oxidation sites excluding steroid dienone is 1. The van der Waals surface area contributed by atoms with E-state index in [-0.39, 0.29) is 0 Å². The Kier molecular flexibility index (Phi) is 4.02. The van der Waals surface area contributed by atoms with E-state index in [1.54, 1.807) is 0 Å². The molecular formula is C30H22N2S. The topological polar surface area (TPSA) is 30.9 Å². The van der Waals surface area contributed by atoms with Crippen LogP contribution in [0.5, 0.6) is 0 Å². The number of nitrogens with zero attached hydrogens (tertiary/aromatic N) is 1. The molecule has 0 aliphatic heterocycles. The number of hydrogen-bond donors (Lipinski definition) is 1. The lowest BCUT2D eigenvalue weighted by molar-refractivity contribution is 0.968. The highest BCUT2D eigenvalue weighted by molar-refractivity contribution is 7.25. The van der Waals surface area contributed by atoms with E-state index in [0.717, 1.165) is 24.1 Å². The van der Waals surface area contributed by atoms with Gasteiger partial charge in [0.2, 0.25) is 0 Å². The number of aromatic nitrogens is 1. The Bertz CT molecular complexity index is 1730. The maximum Gasteiger partial charge on any atom is 0.0541 e. The number of para-hydroxylation sites is 1. The average molecular weight is 443 g/mol. The summed E-state index contributed by atoms with van der Waals surface area (Å²) in [7, 11) is 0. The van der Waals surface area contributed by atoms with Crippen molar-refractivity contribution in [3.63, 3.8) is 0 Å². The molecule has 0 saturated heterocycles. The number of hydrogen-bond acceptors (Lipinski definition) is 2. The molecule has 2 heterocycles. The molecule has 1 aliphatic carbocycles. The smallest absolute Gasteiger partial charge is 0.0541 e. The number of benzene rings is 4. The summed E-state index contributed by atoms with van der Waals surface area (Å²) in [6.45, 7) is 0. The monoisotopic (exact) mass is 442 g/mol. The van der Waals surface area contributed by atoms with Gasteiger partial charge in [0.15, 0.2) is 0 Å². The molecule has 0 spiro atoms. The van der Waals surface area contributed by atoms with Crippen LogP contribution in [0.15, 0.2) is 91.0 Å². The molecule has 0 bridgehead atoms. The van der Waals surface area contributed by atoms with Crippen molar-refractivity contribution >= 4 is 54.2 Å². The van der Waals surface area contributed by atoms with E-state index < -0.39 is 0 Å². The second kappa shape index (κ2) is 7.09. The van der Waals surface area contributed by atoms with Gasteiger partial charge in [-0.05, 0) is 66.4 Å². The van der Waals surface area contributed by atoms with Crippen LogP contribution in [0.1, 0.15) is 17.7 Å². The molecule has 0 unspecified atom stereocenters. The molecule has 7 rings (SSSR count). The predicted molar refractivity (Wildman–Crippen MR) is 143 cm³/mol. The number of thiophene rings is 1. The zero-order chi connectivity index (χ0) is 21.9. The molecular weight excluding hydrogens is 420 g/mol. The number of anilines is 1. The number of aryl methyl sites for hydroxylation is 1. The van der Waals surface area contributed by atoms with Gasteiger partial charge in [-0.15, -0.1) is 11.3 Å². The van der Waals surface area contributed by atoms with Crippen molar-refractivity contribution < 1.29 is 0 Å². The van der Waals surface area contributed by atoms with Crippen LogP contribution in [0.3, 0.4) is 0 Å². The van der Waals surface area contributed by atoms with E-state index in [4.69, 9.17) is 5.73 Å². The molecule has 0 radical (unpaired) electrons. The molecule has 0 amide bonds. The molecule has 6 aromatic rings. The van der Waals surface area contributed by atoms with Crippen LogP contribution in [-0.2, 0) is 6.42 Å². The molecule has 158 valence electrons. The van der Waals surface area contributed by atoms with E-state index in [2.05, 4.69) is 95.6 Å². The van der Waals surface area contributed by atoms with E-state index >= 15 is 0 Å². The van der Waals surface area contributed by atoms with Crippen LogP contribution < -0.4 is 5.73 Å². The Morgan fingerprint density at radius 2 is 1.58 bits per heavy atom. The van der Waals surface area contributed by atoms with Gasteiger partial charge in [-0.3, -0.25) is 0 Å². The zero-order valence-electron chi connectivity index (χ0n) is 18.1. The van der Waals surface area contributed by atoms with E-state index in [9.17, 15) is 0 Å². The summed E-state index contributed by atoms with van der Waals surface area (Å²) < 4.78 is 5.05. The van der Waals surface area contributed by atoms with E-state index in [0.29, 0.717) is 0 Å². The summed E-state index contributed by atoms with van der Waals surface area (Å²) >= 11 is 1.85. The second-order valence-corrected chi connectivity index (χ2v) is 9.83. The van der Waals surface area contributed by atoms with Crippen molar-refractivity contribution in [1.82, 2.24) is 4.57 Å². The Labute approximate surface area is 196 Å². The van der Waals surface area contributed by atoms with Gasteiger partial charge in [-0.25, -0.2) is 0 Å². The molecule has 1 aliphatic rings. The van der Waals surface area contributed by atoms with Crippen LogP contribution in [0.2, 0.25) is 0 Å². The largest absolute Gasteiger partial charge is 0.399 e. The van der Waals surface area contributed by atoms with E-state index in [1.807, 2.05) is 17.4 Å². The zero-order valence-corrected chi connectivity index (χ0v) is 18.9. The Hall–Kier alpha value is -3.82. The van der Waals surface area contributed by atoms with Crippen molar-refractivity contribution in [2.75, 3.05) is 5.73 Å². The van der Waals surface area contributed by atoms with Crippen molar-refractivity contribution in [2.24, 2.45) is 0 Å². The third-order valence-corrected chi connectivity index (χ3v) is 7.94. The molecule has 0 fully saturated rings. The standard InChI is InChI=1S/C30H22N2S/c31-20-14-16-28(32-26-10-4-1-7-21(26)22-8-2-5-11-27(22)32)25(18-20)19-13-15-24-23-9-3-6-12-29(23)33-30(24)17-19/h1,3-7,9-18H,2,8,31H2. The quantitative estimate of drug-likeness (QED) is 0.269. The van der Waals surface area contributed by atoms with Gasteiger partial charge in [0, 0.05) is 42.5 Å². The van der Waals surface area contributed by atoms with Crippen LogP contribution >= 0.6 is 11.3 Å². The summed E-state index contributed by atoms with van der Waals surface area (Å²) in [5, 5.41) is 3.99. The lowest BCUT2D eigenvalue weighted by Crippen LogP contribution is -2.03. The summed E-state index contributed by atoms with van der Waals surface area (Å²) in [5.74, 6) is 0. The van der Waals surface area contributed by atoms with Gasteiger partial charge in [-0.2, -0.15) is 0 Å². The molecule has 2 nitrogen and oxygen atoms in total. The van der Waals surface area contributed by atoms with Gasteiger partial charge < -0.3 is 10.3 Å². The van der Waals surface area contributed by atoms with Gasteiger partial charge in [0.25, 0.3) is 0 Å². The minimum atomic E-state index is 0.783. The second-order valence-electron chi connectivity index (χ2n) is 8.74. The fraction of sp³-hybridized carbons (Fsp3) is 0.0667. The molecule has 3 heteroatoms. The Morgan fingerprint density at radius 3 is 2.52 bits per heavy atom. The molecule has 0 atom stereocenters. The first kappa shape index (κ1) is 18.7. The lowest BCUT2D eigenvalue weighted by Gasteiger charge is -2.17. The maximum atomic E-state index is 6.32. The fourth-order valence-corrected chi connectivity index (χ4v) is 6.47. The molecule has 33 heavy (non-hydrogen) atoms. The molecule has 4 aromatic carbocycles. The summed E-state index contributed by atoms with van der Waals surface area (Å²) in [6.07, 6.45) is 6.75. The minimum Gasteiger partial charge on any atom is -0.399 e. The number of nitrogen functional groups attached to an aromatic ring is 1. The lowest BCUT2D eigenvalue weighted by atomic mass is 10.00. The Morgan fingerprint density at radius 1 is 0.758 bits per heavy atom. The predicted octanol–water partition coefficient (Wildman–Crippen LogP) is 8.21. The third kappa shape index (κ3) is 2.79. The van der Waals surface area contributed by atoms with Crippen LogP contribution in [0, 0.1) is 0 Å². The average Bonchev–Trinajstić information content (AvgIpc) is 3.39. The Balaban J connectivity index is 1.52. The highest BCUT2D eigenvalue weighted by atomic mass is 32.1. The van der Waals surface area contributed by atoms with Crippen molar-refractivity contribution in [1.29, 1.82) is 0 Å². The summed E-state index contributed by atoms with van der Waals surface area (Å²) in [5.41, 5.74) is 14.6. The first-order valence-corrected chi connectivity index (χ1v) is 12.2. The molecule has 2 aromatic heterocycles. The first-order chi connectivity index (χ1) is 16.3. The summed E-state index contributed by atoms with van der Waals surface area (Å²) in [6, 6.07) is 30.6. The summed E-state index contributed by atoms with van der Waals surface area (Å²) in [4.78, 5) is 0. The molecule has 2 N–H and O–H groups in total. The maximum absolute atomic E-state index is 6.32. The van der Waals surface area contributed by atoms with Crippen LogP contribution in [0.25, 0.3) is 54.0 Å². The fourth-order valence-electron chi connectivity index (χ4n) is 5.32. The van der Waals surface area contributed by atoms with Gasteiger partial charge in [0.1, 0.15) is 0 Å². The molecule has 0 saturated carbocycles. The third-order valence-electron chi connectivity index (χ3n) is 6.81. The van der Waals surface area contributed by atoms with E-state index in [1.165, 1.54) is 53.6 Å². The van der Waals surface area contributed by atoms with Crippen molar-refractivity contribution in [2.45, 2.75) is 12.8 Å². The number of fused-ring (bicyclic) bond motifs is 6. The highest BCUT2D eigenvalue weighted by Crippen LogP contribution is 2.40. The van der Waals surface area contributed by atoms with Crippen molar-refractivity contribution in [3.05, 3.63) is 102 Å². The number of rotatable bonds is 2. The van der Waals surface area contributed by atoms with Gasteiger partial charge in [0.05, 0.1) is 11.2 Å². The van der Waals surface area contributed by atoms with Crippen molar-refractivity contribution in [3.8, 4) is 16.8 Å². The first-order valence-electron chi connectivity index (χ1n) is 11.4. The minimum absolute atomic E-state index is 0.783. The van der Waals surface area contributed by atoms with Gasteiger partial charge >= 0.3 is 0 Å². The van der Waals surface area contributed by atoms with Gasteiger partial charge in [-0.1, -0.05) is 54.6 Å². The SMILES string of the molecule is Nc1ccc(-n2c3c(c4ccccc42)CCC=C3)c(-c2ccc3c(c2)sc2ccccc23)c1. The van der Waals surface area contributed by atoms with Crippen LogP contribution in [-0.4, -0.2) is 4.57 Å². The van der Waals surface area contributed by atoms with Crippen LogP contribution in [0.4, 0.5) is 5.69 Å².